The number of nitrogens with one attached hydrogen (secondary N) is 2. The number of rotatable bonds is 11. The predicted octanol–water partition coefficient (Wildman–Crippen LogP) is 3.88. The van der Waals surface area contributed by atoms with Gasteiger partial charge < -0.3 is 24.3 Å². The van der Waals surface area contributed by atoms with E-state index < -0.39 is 5.91 Å². The van der Waals surface area contributed by atoms with E-state index >= 15 is 0 Å². The van der Waals surface area contributed by atoms with Crippen molar-refractivity contribution in [2.24, 2.45) is 5.10 Å². The van der Waals surface area contributed by atoms with Crippen LogP contribution in [-0.4, -0.2) is 45.5 Å². The van der Waals surface area contributed by atoms with Crippen molar-refractivity contribution in [1.29, 1.82) is 0 Å². The average molecular weight is 478 g/mol. The van der Waals surface area contributed by atoms with Crippen LogP contribution in [-0.2, 0) is 4.79 Å². The van der Waals surface area contributed by atoms with E-state index in [4.69, 9.17) is 18.9 Å². The molecule has 3 aromatic carbocycles. The first kappa shape index (κ1) is 25.1. The minimum atomic E-state index is -0.402. The number of hydrogen-bond donors (Lipinski definition) is 2. The topological polar surface area (TPSA) is 107 Å². The third-order valence-corrected chi connectivity index (χ3v) is 4.71. The zero-order valence-corrected chi connectivity index (χ0v) is 19.7. The average Bonchev–Trinajstić information content (AvgIpc) is 2.88. The van der Waals surface area contributed by atoms with E-state index in [0.717, 1.165) is 0 Å². The zero-order valence-electron chi connectivity index (χ0n) is 19.7. The summed E-state index contributed by atoms with van der Waals surface area (Å²) in [5.74, 6) is 1.14. The molecular formula is C26H27N3O6. The van der Waals surface area contributed by atoms with Gasteiger partial charge in [-0.15, -0.1) is 0 Å². The van der Waals surface area contributed by atoms with E-state index in [-0.39, 0.29) is 12.5 Å². The number of carbonyl (C=O) groups excluding carboxylic acids is 2. The van der Waals surface area contributed by atoms with Crippen LogP contribution >= 0.6 is 0 Å². The summed E-state index contributed by atoms with van der Waals surface area (Å²) in [6, 6.07) is 19.0. The Morgan fingerprint density at radius 1 is 0.857 bits per heavy atom. The summed E-state index contributed by atoms with van der Waals surface area (Å²) in [5, 5.41) is 6.75. The van der Waals surface area contributed by atoms with Crippen LogP contribution in [0, 0.1) is 0 Å². The Morgan fingerprint density at radius 3 is 2.31 bits per heavy atom. The fourth-order valence-electron chi connectivity index (χ4n) is 3.06. The maximum absolute atomic E-state index is 12.4. The van der Waals surface area contributed by atoms with Crippen LogP contribution in [0.2, 0.25) is 0 Å². The second-order valence-corrected chi connectivity index (χ2v) is 7.11. The van der Waals surface area contributed by atoms with Crippen LogP contribution in [0.3, 0.4) is 0 Å². The van der Waals surface area contributed by atoms with Crippen molar-refractivity contribution >= 4 is 23.7 Å². The first-order valence-corrected chi connectivity index (χ1v) is 10.8. The first-order chi connectivity index (χ1) is 17.0. The molecule has 0 aliphatic rings. The van der Waals surface area contributed by atoms with Gasteiger partial charge in [0, 0.05) is 11.3 Å². The second-order valence-electron chi connectivity index (χ2n) is 7.11. The van der Waals surface area contributed by atoms with Crippen molar-refractivity contribution in [3.63, 3.8) is 0 Å². The number of para-hydroxylation sites is 1. The highest BCUT2D eigenvalue weighted by atomic mass is 16.5. The summed E-state index contributed by atoms with van der Waals surface area (Å²) in [6.07, 6.45) is 1.47. The Hall–Kier alpha value is -4.53. The number of hydrogen-bond acceptors (Lipinski definition) is 7. The van der Waals surface area contributed by atoms with Crippen LogP contribution in [0.5, 0.6) is 23.0 Å². The fraction of sp³-hybridized carbons (Fsp3) is 0.192. The van der Waals surface area contributed by atoms with Crippen molar-refractivity contribution < 1.29 is 28.5 Å². The molecule has 0 radical (unpaired) electrons. The molecule has 0 aliphatic carbocycles. The lowest BCUT2D eigenvalue weighted by atomic mass is 10.2. The number of ether oxygens (including phenoxy) is 4. The van der Waals surface area contributed by atoms with Gasteiger partial charge in [-0.2, -0.15) is 5.10 Å². The monoisotopic (exact) mass is 477 g/mol. The Morgan fingerprint density at radius 2 is 1.60 bits per heavy atom. The van der Waals surface area contributed by atoms with E-state index in [1.54, 1.807) is 48.5 Å². The zero-order chi connectivity index (χ0) is 25.0. The molecule has 0 spiro atoms. The second kappa shape index (κ2) is 12.6. The van der Waals surface area contributed by atoms with Gasteiger partial charge in [0.1, 0.15) is 0 Å². The standard InChI is InChI=1S/C26H27N3O6/c1-4-34-24-15-19(11-13-21(24)32-2)26(31)29-27-16-18-10-12-22(23(14-18)33-3)35-17-25(30)28-20-8-6-5-7-9-20/h5-16H,4,17H2,1-3H3,(H,28,30)(H,29,31)/b27-16+. The molecule has 0 heterocycles. The van der Waals surface area contributed by atoms with E-state index in [1.807, 2.05) is 25.1 Å². The molecule has 2 amide bonds. The van der Waals surface area contributed by atoms with Crippen LogP contribution in [0.15, 0.2) is 71.8 Å². The maximum atomic E-state index is 12.4. The van der Waals surface area contributed by atoms with Gasteiger partial charge in [-0.05, 0) is 61.0 Å². The Balaban J connectivity index is 1.58. The van der Waals surface area contributed by atoms with E-state index in [2.05, 4.69) is 15.8 Å². The number of anilines is 1. The number of carbonyl (C=O) groups is 2. The van der Waals surface area contributed by atoms with Gasteiger partial charge in [-0.1, -0.05) is 18.2 Å². The van der Waals surface area contributed by atoms with Gasteiger partial charge in [-0.3, -0.25) is 9.59 Å². The molecule has 35 heavy (non-hydrogen) atoms. The Bertz CT molecular complexity index is 1180. The highest BCUT2D eigenvalue weighted by Crippen LogP contribution is 2.29. The molecule has 0 saturated heterocycles. The molecule has 2 N–H and O–H groups in total. The molecule has 9 heteroatoms. The van der Waals surface area contributed by atoms with Gasteiger partial charge in [0.25, 0.3) is 11.8 Å². The SMILES string of the molecule is CCOc1cc(C(=O)N/N=C/c2ccc(OCC(=O)Nc3ccccc3)c(OC)c2)ccc1OC. The van der Waals surface area contributed by atoms with Gasteiger partial charge in [0.05, 0.1) is 27.0 Å². The summed E-state index contributed by atoms with van der Waals surface area (Å²) >= 11 is 0. The third kappa shape index (κ3) is 7.23. The van der Waals surface area contributed by atoms with E-state index in [9.17, 15) is 9.59 Å². The minimum Gasteiger partial charge on any atom is -0.493 e. The summed E-state index contributed by atoms with van der Waals surface area (Å²) in [6.45, 7) is 2.11. The van der Waals surface area contributed by atoms with Gasteiger partial charge >= 0.3 is 0 Å². The molecule has 182 valence electrons. The lowest BCUT2D eigenvalue weighted by Crippen LogP contribution is -2.20. The molecule has 0 aliphatic heterocycles. The molecule has 0 aromatic heterocycles. The number of methoxy groups -OCH3 is 2. The van der Waals surface area contributed by atoms with Gasteiger partial charge in [0.15, 0.2) is 29.6 Å². The number of benzene rings is 3. The van der Waals surface area contributed by atoms with E-state index in [0.29, 0.717) is 46.4 Å². The lowest BCUT2D eigenvalue weighted by Gasteiger charge is -2.11. The van der Waals surface area contributed by atoms with Gasteiger partial charge in [0.2, 0.25) is 0 Å². The summed E-state index contributed by atoms with van der Waals surface area (Å²) in [7, 11) is 3.03. The minimum absolute atomic E-state index is 0.180. The highest BCUT2D eigenvalue weighted by molar-refractivity contribution is 5.95. The van der Waals surface area contributed by atoms with Crippen molar-refractivity contribution in [2.45, 2.75) is 6.92 Å². The molecule has 3 aromatic rings. The third-order valence-electron chi connectivity index (χ3n) is 4.71. The van der Waals surface area contributed by atoms with Crippen molar-refractivity contribution in [3.8, 4) is 23.0 Å². The quantitative estimate of drug-likeness (QED) is 0.321. The van der Waals surface area contributed by atoms with Crippen molar-refractivity contribution in [3.05, 3.63) is 77.9 Å². The van der Waals surface area contributed by atoms with Crippen LogP contribution < -0.4 is 29.7 Å². The summed E-state index contributed by atoms with van der Waals surface area (Å²) in [5.41, 5.74) is 4.20. The van der Waals surface area contributed by atoms with Crippen molar-refractivity contribution in [1.82, 2.24) is 5.43 Å². The largest absolute Gasteiger partial charge is 0.493 e. The number of amides is 2. The molecule has 9 nitrogen and oxygen atoms in total. The fourth-order valence-corrected chi connectivity index (χ4v) is 3.06. The van der Waals surface area contributed by atoms with E-state index in [1.165, 1.54) is 20.4 Å². The lowest BCUT2D eigenvalue weighted by molar-refractivity contribution is -0.118. The Labute approximate surface area is 203 Å². The van der Waals surface area contributed by atoms with Crippen LogP contribution in [0.1, 0.15) is 22.8 Å². The predicted molar refractivity (Wildman–Crippen MR) is 133 cm³/mol. The molecule has 0 fully saturated rings. The Kier molecular flexibility index (Phi) is 9.07. The molecule has 0 bridgehead atoms. The molecular weight excluding hydrogens is 450 g/mol. The van der Waals surface area contributed by atoms with Crippen LogP contribution in [0.25, 0.3) is 0 Å². The summed E-state index contributed by atoms with van der Waals surface area (Å²) in [4.78, 5) is 24.6. The molecule has 0 saturated carbocycles. The van der Waals surface area contributed by atoms with Gasteiger partial charge in [-0.25, -0.2) is 5.43 Å². The van der Waals surface area contributed by atoms with Crippen molar-refractivity contribution in [2.75, 3.05) is 32.8 Å². The maximum Gasteiger partial charge on any atom is 0.271 e. The number of hydrazone groups is 1. The molecule has 0 atom stereocenters. The summed E-state index contributed by atoms with van der Waals surface area (Å²) < 4.78 is 21.7. The molecule has 3 rings (SSSR count). The number of nitrogens with zero attached hydrogens (tertiary/aromatic N) is 1. The highest BCUT2D eigenvalue weighted by Gasteiger charge is 2.11. The molecule has 0 unspecified atom stereocenters. The first-order valence-electron chi connectivity index (χ1n) is 10.8. The van der Waals surface area contributed by atoms with Crippen LogP contribution in [0.4, 0.5) is 5.69 Å². The smallest absolute Gasteiger partial charge is 0.271 e. The normalized spacial score (nSPS) is 10.5.